The number of amides is 1. The molecule has 6 heteroatoms. The van der Waals surface area contributed by atoms with Gasteiger partial charge in [0.25, 0.3) is 0 Å². The van der Waals surface area contributed by atoms with Crippen LogP contribution in [0.5, 0.6) is 0 Å². The van der Waals surface area contributed by atoms with Crippen LogP contribution < -0.4 is 16.8 Å². The third kappa shape index (κ3) is 4.04. The van der Waals surface area contributed by atoms with Crippen LogP contribution in [0.3, 0.4) is 0 Å². The molecule has 0 unspecified atom stereocenters. The molecule has 5 nitrogen and oxygen atoms in total. The van der Waals surface area contributed by atoms with Crippen LogP contribution in [0.2, 0.25) is 5.02 Å². The molecular formula is C18H24ClN3O2. The second-order valence-electron chi connectivity index (χ2n) is 6.07. The molecular weight excluding hydrogens is 326 g/mol. The Morgan fingerprint density at radius 2 is 2.08 bits per heavy atom. The highest BCUT2D eigenvalue weighted by molar-refractivity contribution is 6.32. The molecule has 130 valence electrons. The maximum absolute atomic E-state index is 12.7. The summed E-state index contributed by atoms with van der Waals surface area (Å²) in [5.74, 6) is -0.514. The minimum Gasteiger partial charge on any atom is -0.338 e. The smallest absolute Gasteiger partial charge is 0.237 e. The fraction of sp³-hybridized carbons (Fsp3) is 0.444. The molecule has 1 aromatic rings. The average molecular weight is 350 g/mol. The summed E-state index contributed by atoms with van der Waals surface area (Å²) in [5.41, 5.74) is 10.9. The van der Waals surface area contributed by atoms with Crippen LogP contribution in [0.25, 0.3) is 0 Å². The molecule has 0 saturated heterocycles. The van der Waals surface area contributed by atoms with E-state index in [-0.39, 0.29) is 11.7 Å². The Morgan fingerprint density at radius 1 is 1.33 bits per heavy atom. The van der Waals surface area contributed by atoms with Crippen molar-refractivity contribution < 1.29 is 9.59 Å². The van der Waals surface area contributed by atoms with Crippen LogP contribution in [-0.4, -0.2) is 24.3 Å². The van der Waals surface area contributed by atoms with E-state index in [4.69, 9.17) is 23.1 Å². The number of nitrogens with two attached hydrogens (primary N) is 2. The highest BCUT2D eigenvalue weighted by atomic mass is 35.5. The first-order valence-corrected chi connectivity index (χ1v) is 8.62. The highest BCUT2D eigenvalue weighted by Crippen LogP contribution is 2.36. The molecule has 1 amide bonds. The van der Waals surface area contributed by atoms with E-state index in [2.05, 4.69) is 5.32 Å². The van der Waals surface area contributed by atoms with E-state index in [1.807, 2.05) is 12.1 Å². The van der Waals surface area contributed by atoms with Crippen LogP contribution in [0.1, 0.15) is 37.7 Å². The molecule has 1 aliphatic carbocycles. The number of ketones is 1. The molecule has 0 spiro atoms. The molecule has 0 heterocycles. The lowest BCUT2D eigenvalue weighted by Gasteiger charge is -2.36. The second kappa shape index (κ2) is 8.42. The van der Waals surface area contributed by atoms with Gasteiger partial charge in [0.15, 0.2) is 5.78 Å². The standard InChI is InChI=1S/C18H24ClN3O2/c19-14-8-2-1-7-13(14)18(11-5-3-10-16(18)23)22-17(24)15(21)9-4-6-12-20/h1-3,7-8,10,15H,4-6,9,11-12,20-21H2,(H,22,24)/t15-,18-/m0/s1. The van der Waals surface area contributed by atoms with Crippen molar-refractivity contribution in [3.63, 3.8) is 0 Å². The lowest BCUT2D eigenvalue weighted by atomic mass is 9.78. The molecule has 0 saturated carbocycles. The predicted molar refractivity (Wildman–Crippen MR) is 95.5 cm³/mol. The third-order valence-corrected chi connectivity index (χ3v) is 4.68. The number of hydrogen-bond acceptors (Lipinski definition) is 4. The van der Waals surface area contributed by atoms with Gasteiger partial charge in [0, 0.05) is 10.6 Å². The minimum absolute atomic E-state index is 0.177. The van der Waals surface area contributed by atoms with Crippen molar-refractivity contribution in [2.75, 3.05) is 6.54 Å². The number of allylic oxidation sites excluding steroid dienone is 1. The summed E-state index contributed by atoms with van der Waals surface area (Å²) in [7, 11) is 0. The number of carbonyl (C=O) groups excluding carboxylic acids is 2. The van der Waals surface area contributed by atoms with Gasteiger partial charge in [0.05, 0.1) is 6.04 Å². The summed E-state index contributed by atoms with van der Waals surface area (Å²) in [6.45, 7) is 0.571. The Bertz CT molecular complexity index is 632. The van der Waals surface area contributed by atoms with Crippen LogP contribution in [-0.2, 0) is 15.1 Å². The zero-order valence-corrected chi connectivity index (χ0v) is 14.4. The van der Waals surface area contributed by atoms with E-state index in [1.54, 1.807) is 18.2 Å². The molecule has 2 rings (SSSR count). The van der Waals surface area contributed by atoms with Crippen molar-refractivity contribution in [1.82, 2.24) is 5.32 Å². The van der Waals surface area contributed by atoms with Crippen molar-refractivity contribution in [3.8, 4) is 0 Å². The molecule has 0 aliphatic heterocycles. The van der Waals surface area contributed by atoms with Gasteiger partial charge >= 0.3 is 0 Å². The number of nitrogens with one attached hydrogen (secondary N) is 1. The van der Waals surface area contributed by atoms with Gasteiger partial charge < -0.3 is 16.8 Å². The molecule has 5 N–H and O–H groups in total. The van der Waals surface area contributed by atoms with Crippen molar-refractivity contribution in [3.05, 3.63) is 47.0 Å². The van der Waals surface area contributed by atoms with Gasteiger partial charge in [-0.1, -0.05) is 42.3 Å². The second-order valence-corrected chi connectivity index (χ2v) is 6.48. The van der Waals surface area contributed by atoms with Crippen LogP contribution in [0, 0.1) is 0 Å². The molecule has 0 fully saturated rings. The van der Waals surface area contributed by atoms with Crippen LogP contribution in [0.15, 0.2) is 36.4 Å². The molecule has 0 radical (unpaired) electrons. The van der Waals surface area contributed by atoms with Crippen LogP contribution in [0.4, 0.5) is 0 Å². The molecule has 0 bridgehead atoms. The van der Waals surface area contributed by atoms with Gasteiger partial charge in [-0.15, -0.1) is 0 Å². The Labute approximate surface area is 147 Å². The van der Waals surface area contributed by atoms with Crippen molar-refractivity contribution in [1.29, 1.82) is 0 Å². The number of rotatable bonds is 7. The Kier molecular flexibility index (Phi) is 6.54. The van der Waals surface area contributed by atoms with Crippen molar-refractivity contribution in [2.45, 2.75) is 43.7 Å². The fourth-order valence-corrected chi connectivity index (χ4v) is 3.26. The van der Waals surface area contributed by atoms with E-state index in [9.17, 15) is 9.59 Å². The number of hydrogen-bond donors (Lipinski definition) is 3. The topological polar surface area (TPSA) is 98.2 Å². The third-order valence-electron chi connectivity index (χ3n) is 4.35. The van der Waals surface area contributed by atoms with Crippen LogP contribution >= 0.6 is 11.6 Å². The SMILES string of the molecule is NCCCC[C@H](N)C(=O)N[C@]1(c2ccccc2Cl)CCC=CC1=O. The van der Waals surface area contributed by atoms with Crippen molar-refractivity contribution >= 4 is 23.3 Å². The first kappa shape index (κ1) is 18.6. The van der Waals surface area contributed by atoms with Gasteiger partial charge in [-0.05, 0) is 44.4 Å². The first-order valence-electron chi connectivity index (χ1n) is 8.25. The number of unbranched alkanes of at least 4 members (excludes halogenated alkanes) is 1. The van der Waals surface area contributed by atoms with E-state index < -0.39 is 11.6 Å². The Balaban J connectivity index is 2.25. The van der Waals surface area contributed by atoms with Gasteiger partial charge in [-0.2, -0.15) is 0 Å². The number of benzene rings is 1. The summed E-state index contributed by atoms with van der Waals surface area (Å²) in [6.07, 6.45) is 6.59. The number of carbonyl (C=O) groups is 2. The maximum Gasteiger partial charge on any atom is 0.237 e. The predicted octanol–water partition coefficient (Wildman–Crippen LogP) is 2.03. The monoisotopic (exact) mass is 349 g/mol. The summed E-state index contributed by atoms with van der Waals surface area (Å²) in [4.78, 5) is 25.2. The largest absolute Gasteiger partial charge is 0.338 e. The minimum atomic E-state index is -1.14. The summed E-state index contributed by atoms with van der Waals surface area (Å²) >= 11 is 6.31. The van der Waals surface area contributed by atoms with Gasteiger partial charge in [0.1, 0.15) is 5.54 Å². The normalized spacial score (nSPS) is 21.5. The van der Waals surface area contributed by atoms with Gasteiger partial charge in [-0.3, -0.25) is 9.59 Å². The summed E-state index contributed by atoms with van der Waals surface area (Å²) in [5, 5.41) is 3.34. The molecule has 2 atom stereocenters. The van der Waals surface area contributed by atoms with Gasteiger partial charge in [-0.25, -0.2) is 0 Å². The first-order chi connectivity index (χ1) is 11.5. The summed E-state index contributed by atoms with van der Waals surface area (Å²) < 4.78 is 0. The Morgan fingerprint density at radius 3 is 2.75 bits per heavy atom. The van der Waals surface area contributed by atoms with E-state index in [0.717, 1.165) is 12.8 Å². The summed E-state index contributed by atoms with van der Waals surface area (Å²) in [6, 6.07) is 6.43. The maximum atomic E-state index is 12.7. The molecule has 24 heavy (non-hydrogen) atoms. The molecule has 1 aliphatic rings. The zero-order valence-electron chi connectivity index (χ0n) is 13.6. The van der Waals surface area contributed by atoms with E-state index in [0.29, 0.717) is 36.4 Å². The fourth-order valence-electron chi connectivity index (χ4n) is 2.96. The van der Waals surface area contributed by atoms with Gasteiger partial charge in [0.2, 0.25) is 5.91 Å². The molecule has 1 aromatic carbocycles. The van der Waals surface area contributed by atoms with E-state index in [1.165, 1.54) is 6.08 Å². The molecule has 0 aromatic heterocycles. The van der Waals surface area contributed by atoms with Crippen molar-refractivity contribution in [2.24, 2.45) is 11.5 Å². The zero-order chi connectivity index (χ0) is 17.6. The average Bonchev–Trinajstić information content (AvgIpc) is 2.57. The lowest BCUT2D eigenvalue weighted by Crippen LogP contribution is -2.56. The van der Waals surface area contributed by atoms with E-state index >= 15 is 0 Å². The highest BCUT2D eigenvalue weighted by Gasteiger charge is 2.43. The Hall–Kier alpha value is -1.69. The number of halogens is 1. The lowest BCUT2D eigenvalue weighted by molar-refractivity contribution is -0.131. The quantitative estimate of drug-likeness (QED) is 0.656.